The fraction of sp³-hybridized carbons (Fsp3) is 0.267. The summed E-state index contributed by atoms with van der Waals surface area (Å²) in [6.07, 6.45) is 4.60. The first kappa shape index (κ1) is 14.0. The van der Waals surface area contributed by atoms with Crippen molar-refractivity contribution in [2.75, 3.05) is 0 Å². The molecule has 0 amide bonds. The average Bonchev–Trinajstić information content (AvgIpc) is 2.32. The third-order valence-corrected chi connectivity index (χ3v) is 2.50. The second-order valence-corrected chi connectivity index (χ2v) is 4.03. The summed E-state index contributed by atoms with van der Waals surface area (Å²) in [5.41, 5.74) is 2.43. The number of aromatic hydroxyl groups is 1. The highest BCUT2D eigenvalue weighted by Gasteiger charge is 2.09. The van der Waals surface area contributed by atoms with Gasteiger partial charge in [-0.15, -0.1) is 13.2 Å². The molecule has 0 aromatic heterocycles. The highest BCUT2D eigenvalue weighted by atomic mass is 16.5. The van der Waals surface area contributed by atoms with E-state index in [1.807, 2.05) is 12.1 Å². The summed E-state index contributed by atoms with van der Waals surface area (Å²) in [4.78, 5) is 10.8. The molecule has 18 heavy (non-hydrogen) atoms. The minimum absolute atomic E-state index is 0.212. The lowest BCUT2D eigenvalue weighted by Gasteiger charge is -2.11. The molecule has 3 heteroatoms. The summed E-state index contributed by atoms with van der Waals surface area (Å²) in [5, 5.41) is 10.0. The maximum Gasteiger partial charge on any atom is 0.302 e. The van der Waals surface area contributed by atoms with Crippen molar-refractivity contribution in [3.05, 3.63) is 54.1 Å². The van der Waals surface area contributed by atoms with E-state index in [1.54, 1.807) is 12.2 Å². The lowest BCUT2D eigenvalue weighted by Crippen LogP contribution is -2.01. The number of allylic oxidation sites excluding steroid dienone is 2. The van der Waals surface area contributed by atoms with E-state index in [0.717, 1.165) is 16.7 Å². The largest absolute Gasteiger partial charge is 0.507 e. The maximum atomic E-state index is 10.8. The second-order valence-electron chi connectivity index (χ2n) is 4.03. The van der Waals surface area contributed by atoms with E-state index in [0.29, 0.717) is 12.8 Å². The molecule has 0 heterocycles. The van der Waals surface area contributed by atoms with E-state index in [1.165, 1.54) is 6.92 Å². The molecule has 96 valence electrons. The minimum Gasteiger partial charge on any atom is -0.507 e. The third-order valence-electron chi connectivity index (χ3n) is 2.50. The SMILES string of the molecule is C=CCc1cc(COC(C)=O)cc(CC=C)c1O. The van der Waals surface area contributed by atoms with Gasteiger partial charge in [0, 0.05) is 6.92 Å². The van der Waals surface area contributed by atoms with Crippen molar-refractivity contribution in [2.45, 2.75) is 26.4 Å². The van der Waals surface area contributed by atoms with Crippen molar-refractivity contribution in [1.82, 2.24) is 0 Å². The number of hydrogen-bond donors (Lipinski definition) is 1. The lowest BCUT2D eigenvalue weighted by molar-refractivity contribution is -0.142. The zero-order chi connectivity index (χ0) is 13.5. The summed E-state index contributed by atoms with van der Waals surface area (Å²) < 4.78 is 4.96. The third kappa shape index (κ3) is 3.77. The van der Waals surface area contributed by atoms with E-state index >= 15 is 0 Å². The van der Waals surface area contributed by atoms with E-state index in [9.17, 15) is 9.90 Å². The van der Waals surface area contributed by atoms with Gasteiger partial charge in [-0.05, 0) is 41.7 Å². The number of phenolic OH excluding ortho intramolecular Hbond substituents is 1. The predicted molar refractivity (Wildman–Crippen MR) is 71.4 cm³/mol. The molecule has 0 saturated carbocycles. The quantitative estimate of drug-likeness (QED) is 0.620. The Bertz CT molecular complexity index is 430. The number of ether oxygens (including phenoxy) is 1. The Morgan fingerprint density at radius 1 is 1.28 bits per heavy atom. The first-order chi connectivity index (χ1) is 8.58. The van der Waals surface area contributed by atoms with Crippen LogP contribution in [0.15, 0.2) is 37.4 Å². The number of rotatable bonds is 6. The Labute approximate surface area is 107 Å². The highest BCUT2D eigenvalue weighted by molar-refractivity contribution is 5.66. The van der Waals surface area contributed by atoms with Crippen molar-refractivity contribution in [3.8, 4) is 5.75 Å². The molecule has 1 rings (SSSR count). The van der Waals surface area contributed by atoms with Gasteiger partial charge in [0.1, 0.15) is 12.4 Å². The zero-order valence-corrected chi connectivity index (χ0v) is 10.6. The molecule has 0 unspecified atom stereocenters. The van der Waals surface area contributed by atoms with Gasteiger partial charge in [-0.1, -0.05) is 12.2 Å². The number of carbonyl (C=O) groups excluding carboxylic acids is 1. The van der Waals surface area contributed by atoms with Crippen LogP contribution < -0.4 is 0 Å². The summed E-state index contributed by atoms with van der Waals surface area (Å²) >= 11 is 0. The molecule has 0 aliphatic heterocycles. The fourth-order valence-corrected chi connectivity index (χ4v) is 1.72. The van der Waals surface area contributed by atoms with Crippen LogP contribution in [0.3, 0.4) is 0 Å². The average molecular weight is 246 g/mol. The molecule has 0 saturated heterocycles. The van der Waals surface area contributed by atoms with E-state index in [2.05, 4.69) is 13.2 Å². The van der Waals surface area contributed by atoms with Gasteiger partial charge in [0.2, 0.25) is 0 Å². The van der Waals surface area contributed by atoms with Gasteiger partial charge in [-0.25, -0.2) is 0 Å². The number of carbonyl (C=O) groups is 1. The monoisotopic (exact) mass is 246 g/mol. The molecule has 1 aromatic carbocycles. The number of phenols is 1. The van der Waals surface area contributed by atoms with Crippen molar-refractivity contribution in [1.29, 1.82) is 0 Å². The van der Waals surface area contributed by atoms with Crippen molar-refractivity contribution >= 4 is 5.97 Å². The van der Waals surface area contributed by atoms with Crippen molar-refractivity contribution < 1.29 is 14.6 Å². The molecule has 0 spiro atoms. The molecule has 3 nitrogen and oxygen atoms in total. The van der Waals surface area contributed by atoms with Crippen LogP contribution in [0.4, 0.5) is 0 Å². The Hall–Kier alpha value is -2.03. The Morgan fingerprint density at radius 3 is 2.17 bits per heavy atom. The zero-order valence-electron chi connectivity index (χ0n) is 10.6. The standard InChI is InChI=1S/C15H18O3/c1-4-6-13-8-12(10-18-11(3)16)9-14(7-5-2)15(13)17/h4-5,8-9,17H,1-2,6-7,10H2,3H3. The maximum absolute atomic E-state index is 10.8. The summed E-state index contributed by atoms with van der Waals surface area (Å²) in [7, 11) is 0. The van der Waals surface area contributed by atoms with Crippen LogP contribution in [0.1, 0.15) is 23.6 Å². The predicted octanol–water partition coefficient (Wildman–Crippen LogP) is 2.91. The first-order valence-corrected chi connectivity index (χ1v) is 5.77. The Kier molecular flexibility index (Phi) is 5.18. The van der Waals surface area contributed by atoms with Gasteiger partial charge in [0.15, 0.2) is 0 Å². The van der Waals surface area contributed by atoms with Crippen molar-refractivity contribution in [3.63, 3.8) is 0 Å². The number of benzene rings is 1. The van der Waals surface area contributed by atoms with E-state index in [4.69, 9.17) is 4.74 Å². The first-order valence-electron chi connectivity index (χ1n) is 5.77. The van der Waals surface area contributed by atoms with Gasteiger partial charge in [0.05, 0.1) is 0 Å². The fourth-order valence-electron chi connectivity index (χ4n) is 1.72. The van der Waals surface area contributed by atoms with Crippen LogP contribution in [0, 0.1) is 0 Å². The number of esters is 1. The summed E-state index contributed by atoms with van der Waals surface area (Å²) in [6.45, 7) is 8.90. The molecule has 1 aromatic rings. The Morgan fingerprint density at radius 2 is 1.78 bits per heavy atom. The highest BCUT2D eigenvalue weighted by Crippen LogP contribution is 2.26. The van der Waals surface area contributed by atoms with Gasteiger partial charge in [-0.2, -0.15) is 0 Å². The number of hydrogen-bond acceptors (Lipinski definition) is 3. The summed E-state index contributed by atoms with van der Waals surface area (Å²) in [6, 6.07) is 3.65. The Balaban J connectivity index is 3.06. The van der Waals surface area contributed by atoms with Crippen LogP contribution in [0.5, 0.6) is 5.75 Å². The second kappa shape index (κ2) is 6.64. The van der Waals surface area contributed by atoms with E-state index < -0.39 is 0 Å². The molecule has 1 N–H and O–H groups in total. The van der Waals surface area contributed by atoms with Crippen LogP contribution in [0.2, 0.25) is 0 Å². The molecule has 0 radical (unpaired) electrons. The molecule has 0 fully saturated rings. The molecule has 0 bridgehead atoms. The lowest BCUT2D eigenvalue weighted by atomic mass is 10.00. The van der Waals surface area contributed by atoms with Crippen LogP contribution in [0.25, 0.3) is 0 Å². The minimum atomic E-state index is -0.321. The van der Waals surface area contributed by atoms with Gasteiger partial charge < -0.3 is 9.84 Å². The van der Waals surface area contributed by atoms with Gasteiger partial charge in [0.25, 0.3) is 0 Å². The molecule has 0 aliphatic carbocycles. The molecular weight excluding hydrogens is 228 g/mol. The van der Waals surface area contributed by atoms with Crippen molar-refractivity contribution in [2.24, 2.45) is 0 Å². The van der Waals surface area contributed by atoms with Crippen LogP contribution >= 0.6 is 0 Å². The normalized spacial score (nSPS) is 9.83. The van der Waals surface area contributed by atoms with Gasteiger partial charge in [-0.3, -0.25) is 4.79 Å². The molecule has 0 atom stereocenters. The molecule has 0 aliphatic rings. The molecular formula is C15H18O3. The smallest absolute Gasteiger partial charge is 0.302 e. The van der Waals surface area contributed by atoms with E-state index in [-0.39, 0.29) is 18.3 Å². The van der Waals surface area contributed by atoms with Crippen LogP contribution in [-0.4, -0.2) is 11.1 Å². The topological polar surface area (TPSA) is 46.5 Å². The van der Waals surface area contributed by atoms with Gasteiger partial charge >= 0.3 is 5.97 Å². The van der Waals surface area contributed by atoms with Crippen LogP contribution in [-0.2, 0) is 29.0 Å². The summed E-state index contributed by atoms with van der Waals surface area (Å²) in [5.74, 6) is -0.0556.